The average molecular weight is 808 g/mol. The minimum absolute atomic E-state index is 0.531. The first kappa shape index (κ1) is 35.0. The third-order valence-corrected chi connectivity index (χ3v) is 12.0. The van der Waals surface area contributed by atoms with Crippen LogP contribution in [0.3, 0.4) is 0 Å². The van der Waals surface area contributed by atoms with E-state index in [9.17, 15) is 0 Å². The van der Waals surface area contributed by atoms with E-state index in [4.69, 9.17) is 29.9 Å². The molecule has 0 amide bonds. The lowest BCUT2D eigenvalue weighted by Gasteiger charge is -2.13. The van der Waals surface area contributed by atoms with Crippen LogP contribution >= 0.6 is 0 Å². The topological polar surface area (TPSA) is 92.1 Å². The number of para-hydroxylation sites is 5. The zero-order valence-corrected chi connectivity index (χ0v) is 33.6. The second kappa shape index (κ2) is 13.9. The van der Waals surface area contributed by atoms with Crippen molar-refractivity contribution < 1.29 is 0 Å². The zero-order valence-electron chi connectivity index (χ0n) is 33.6. The molecule has 0 aliphatic heterocycles. The van der Waals surface area contributed by atoms with Crippen molar-refractivity contribution in [3.05, 3.63) is 200 Å². The van der Waals surface area contributed by atoms with E-state index in [2.05, 4.69) is 153 Å². The van der Waals surface area contributed by atoms with Gasteiger partial charge in [0.2, 0.25) is 17.8 Å². The molecule has 0 atom stereocenters. The molecule has 0 bridgehead atoms. The van der Waals surface area contributed by atoms with Gasteiger partial charge in [-0.15, -0.1) is 0 Å². The second-order valence-corrected chi connectivity index (χ2v) is 15.6. The fraction of sp³-hybridized carbons (Fsp3) is 0. The molecular formula is C54H33N9. The van der Waals surface area contributed by atoms with Crippen LogP contribution < -0.4 is 0 Å². The molecule has 13 rings (SSSR count). The third kappa shape index (κ3) is 5.50. The molecule has 0 saturated carbocycles. The van der Waals surface area contributed by atoms with Gasteiger partial charge in [-0.2, -0.15) is 24.9 Å². The van der Waals surface area contributed by atoms with Gasteiger partial charge >= 0.3 is 0 Å². The average Bonchev–Trinajstić information content (AvgIpc) is 4.00. The number of nitrogens with zero attached hydrogens (tertiary/aromatic N) is 9. The smallest absolute Gasteiger partial charge is 0.240 e. The van der Waals surface area contributed by atoms with Crippen molar-refractivity contribution in [2.45, 2.75) is 0 Å². The number of rotatable bonds is 6. The van der Waals surface area contributed by atoms with E-state index >= 15 is 0 Å². The van der Waals surface area contributed by atoms with Gasteiger partial charge in [0.1, 0.15) is 0 Å². The van der Waals surface area contributed by atoms with Gasteiger partial charge in [0, 0.05) is 49.0 Å². The fourth-order valence-electron chi connectivity index (χ4n) is 9.18. The number of hydrogen-bond donors (Lipinski definition) is 0. The van der Waals surface area contributed by atoms with Gasteiger partial charge in [0.15, 0.2) is 17.5 Å². The summed E-state index contributed by atoms with van der Waals surface area (Å²) in [5.41, 5.74) is 8.67. The van der Waals surface area contributed by atoms with Crippen LogP contribution in [-0.2, 0) is 0 Å². The van der Waals surface area contributed by atoms with Gasteiger partial charge in [0.25, 0.3) is 0 Å². The van der Waals surface area contributed by atoms with Gasteiger partial charge in [-0.3, -0.25) is 13.7 Å². The van der Waals surface area contributed by atoms with Gasteiger partial charge in [-0.25, -0.2) is 4.98 Å². The number of hydrogen-bond acceptors (Lipinski definition) is 6. The highest BCUT2D eigenvalue weighted by Crippen LogP contribution is 2.37. The van der Waals surface area contributed by atoms with E-state index in [0.29, 0.717) is 35.3 Å². The minimum Gasteiger partial charge on any atom is -0.278 e. The molecule has 0 unspecified atom stereocenters. The molecular weight excluding hydrogens is 775 g/mol. The Morgan fingerprint density at radius 3 is 0.921 bits per heavy atom. The monoisotopic (exact) mass is 807 g/mol. The van der Waals surface area contributed by atoms with Crippen molar-refractivity contribution in [1.29, 1.82) is 0 Å². The van der Waals surface area contributed by atoms with E-state index in [1.807, 2.05) is 60.7 Å². The van der Waals surface area contributed by atoms with Crippen LogP contribution in [0.4, 0.5) is 0 Å². The van der Waals surface area contributed by atoms with Crippen molar-refractivity contribution in [2.24, 2.45) is 0 Å². The van der Waals surface area contributed by atoms with Crippen molar-refractivity contribution in [3.8, 4) is 52.0 Å². The maximum Gasteiger partial charge on any atom is 0.240 e. The van der Waals surface area contributed by atoms with E-state index in [1.54, 1.807) is 0 Å². The largest absolute Gasteiger partial charge is 0.278 e. The van der Waals surface area contributed by atoms with Crippen molar-refractivity contribution in [1.82, 2.24) is 43.6 Å². The SMILES string of the molecule is c1ccc(-c2nc(-c3ccccc3)nc(-n3c4ccccc4c4cc(-c5nc(-n6c7ccccc7c7ccccc76)nc(-n6c7ccccc7c7ccccc76)n5)ccc43)n2)cc1. The standard InChI is InChI=1S/C54H33N9/c1-3-17-34(18-4-1)49-55-50(35-19-5-2-6-20-35)57-52(56-49)63-47-30-16-11-25-41(47)42-33-36(31-32-48(42)63)51-58-53(61-43-26-12-7-21-37(43)38-22-8-13-27-44(38)61)60-54(59-51)62-45-28-14-9-23-39(45)40-24-10-15-29-46(40)62/h1-33H. The zero-order chi connectivity index (χ0) is 41.4. The highest BCUT2D eigenvalue weighted by atomic mass is 15.3. The Bertz CT molecular complexity index is 3630. The second-order valence-electron chi connectivity index (χ2n) is 15.6. The van der Waals surface area contributed by atoms with Crippen LogP contribution in [0, 0.1) is 0 Å². The Morgan fingerprint density at radius 1 is 0.222 bits per heavy atom. The highest BCUT2D eigenvalue weighted by Gasteiger charge is 2.22. The van der Waals surface area contributed by atoms with Gasteiger partial charge in [0.05, 0.1) is 33.1 Å². The first-order valence-corrected chi connectivity index (χ1v) is 20.9. The summed E-state index contributed by atoms with van der Waals surface area (Å²) in [6.07, 6.45) is 0. The maximum absolute atomic E-state index is 5.35. The molecule has 0 saturated heterocycles. The first-order valence-electron chi connectivity index (χ1n) is 20.9. The lowest BCUT2D eigenvalue weighted by molar-refractivity contribution is 0.893. The molecule has 9 nitrogen and oxygen atoms in total. The maximum atomic E-state index is 5.35. The Balaban J connectivity index is 1.07. The van der Waals surface area contributed by atoms with Crippen LogP contribution in [0.1, 0.15) is 0 Å². The molecule has 0 aliphatic carbocycles. The van der Waals surface area contributed by atoms with Gasteiger partial charge in [-0.05, 0) is 48.5 Å². The molecule has 0 spiro atoms. The van der Waals surface area contributed by atoms with Crippen LogP contribution in [0.2, 0.25) is 0 Å². The molecule has 13 aromatic rings. The Kier molecular flexibility index (Phi) is 7.70. The van der Waals surface area contributed by atoms with Crippen LogP contribution in [-0.4, -0.2) is 43.6 Å². The molecule has 63 heavy (non-hydrogen) atoms. The number of benzene rings is 8. The lowest BCUT2D eigenvalue weighted by atomic mass is 10.1. The summed E-state index contributed by atoms with van der Waals surface area (Å²) < 4.78 is 6.45. The summed E-state index contributed by atoms with van der Waals surface area (Å²) >= 11 is 0. The minimum atomic E-state index is 0.531. The first-order chi connectivity index (χ1) is 31.2. The molecule has 0 fully saturated rings. The Morgan fingerprint density at radius 2 is 0.524 bits per heavy atom. The van der Waals surface area contributed by atoms with Gasteiger partial charge in [-0.1, -0.05) is 152 Å². The van der Waals surface area contributed by atoms with Crippen molar-refractivity contribution in [3.63, 3.8) is 0 Å². The molecule has 294 valence electrons. The fourth-order valence-corrected chi connectivity index (χ4v) is 9.18. The summed E-state index contributed by atoms with van der Waals surface area (Å²) in [5.74, 6) is 3.34. The molecule has 8 aromatic carbocycles. The normalized spacial score (nSPS) is 11.8. The molecule has 9 heteroatoms. The van der Waals surface area contributed by atoms with Crippen LogP contribution in [0.25, 0.3) is 117 Å². The quantitative estimate of drug-likeness (QED) is 0.166. The van der Waals surface area contributed by atoms with E-state index in [-0.39, 0.29) is 0 Å². The van der Waals surface area contributed by atoms with E-state index in [0.717, 1.165) is 82.1 Å². The number of fused-ring (bicyclic) bond motifs is 9. The van der Waals surface area contributed by atoms with Gasteiger partial charge < -0.3 is 0 Å². The molecule has 0 radical (unpaired) electrons. The van der Waals surface area contributed by atoms with Crippen LogP contribution in [0.15, 0.2) is 200 Å². The van der Waals surface area contributed by atoms with Crippen molar-refractivity contribution >= 4 is 65.4 Å². The molecule has 5 heterocycles. The predicted molar refractivity (Wildman–Crippen MR) is 253 cm³/mol. The lowest BCUT2D eigenvalue weighted by Crippen LogP contribution is -2.10. The number of aromatic nitrogens is 9. The molecule has 0 N–H and O–H groups in total. The highest BCUT2D eigenvalue weighted by molar-refractivity contribution is 6.11. The van der Waals surface area contributed by atoms with Crippen molar-refractivity contribution in [2.75, 3.05) is 0 Å². The van der Waals surface area contributed by atoms with Crippen LogP contribution in [0.5, 0.6) is 0 Å². The summed E-state index contributed by atoms with van der Waals surface area (Å²) in [5, 5.41) is 6.59. The summed E-state index contributed by atoms with van der Waals surface area (Å²) in [6, 6.07) is 68.7. The molecule has 5 aromatic heterocycles. The van der Waals surface area contributed by atoms with E-state index < -0.39 is 0 Å². The summed E-state index contributed by atoms with van der Waals surface area (Å²) in [6.45, 7) is 0. The third-order valence-electron chi connectivity index (χ3n) is 12.0. The van der Waals surface area contributed by atoms with E-state index in [1.165, 1.54) is 0 Å². The predicted octanol–water partition coefficient (Wildman–Crippen LogP) is 12.3. The summed E-state index contributed by atoms with van der Waals surface area (Å²) in [4.78, 5) is 31.3. The molecule has 0 aliphatic rings. The Hall–Kier alpha value is -8.82. The summed E-state index contributed by atoms with van der Waals surface area (Å²) in [7, 11) is 0. The Labute approximate surface area is 359 Å².